The Hall–Kier alpha value is -2.11. The minimum absolute atomic E-state index is 0.0917. The van der Waals surface area contributed by atoms with Crippen LogP contribution in [0.5, 0.6) is 0 Å². The summed E-state index contributed by atoms with van der Waals surface area (Å²) in [6, 6.07) is 2.12. The SMILES string of the molecule is Cc1nn(C)c(C)c1C(=O)N1CCCCC1c1ccnn1C. The van der Waals surface area contributed by atoms with Crippen LogP contribution in [0.4, 0.5) is 0 Å². The maximum absolute atomic E-state index is 13.1. The summed E-state index contributed by atoms with van der Waals surface area (Å²) in [7, 11) is 3.82. The molecule has 6 heteroatoms. The van der Waals surface area contributed by atoms with E-state index < -0.39 is 0 Å². The summed E-state index contributed by atoms with van der Waals surface area (Å²) in [4.78, 5) is 15.1. The number of rotatable bonds is 2. The van der Waals surface area contributed by atoms with Crippen molar-refractivity contribution in [1.82, 2.24) is 24.5 Å². The van der Waals surface area contributed by atoms with E-state index in [-0.39, 0.29) is 11.9 Å². The monoisotopic (exact) mass is 301 g/mol. The van der Waals surface area contributed by atoms with Crippen molar-refractivity contribution in [2.75, 3.05) is 6.54 Å². The number of hydrogen-bond donors (Lipinski definition) is 0. The Bertz CT molecular complexity index is 699. The number of piperidine rings is 1. The molecule has 1 aliphatic heterocycles. The predicted molar refractivity (Wildman–Crippen MR) is 83.5 cm³/mol. The molecule has 2 aromatic heterocycles. The minimum atomic E-state index is 0.0917. The molecule has 1 amide bonds. The summed E-state index contributed by atoms with van der Waals surface area (Å²) < 4.78 is 3.66. The summed E-state index contributed by atoms with van der Waals surface area (Å²) in [6.07, 6.45) is 4.99. The maximum atomic E-state index is 13.1. The Balaban J connectivity index is 1.97. The Morgan fingerprint density at radius 3 is 2.59 bits per heavy atom. The lowest BCUT2D eigenvalue weighted by molar-refractivity contribution is 0.0599. The number of aromatic nitrogens is 4. The Morgan fingerprint density at radius 1 is 1.23 bits per heavy atom. The van der Waals surface area contributed by atoms with Crippen molar-refractivity contribution in [2.45, 2.75) is 39.2 Å². The summed E-state index contributed by atoms with van der Waals surface area (Å²) in [5.74, 6) is 0.0917. The molecular weight excluding hydrogens is 278 g/mol. The van der Waals surface area contributed by atoms with Gasteiger partial charge >= 0.3 is 0 Å². The molecule has 0 radical (unpaired) electrons. The molecule has 22 heavy (non-hydrogen) atoms. The van der Waals surface area contributed by atoms with Crippen LogP contribution >= 0.6 is 0 Å². The van der Waals surface area contributed by atoms with Gasteiger partial charge in [0.1, 0.15) is 0 Å². The van der Waals surface area contributed by atoms with E-state index in [2.05, 4.69) is 10.2 Å². The van der Waals surface area contributed by atoms with E-state index in [1.165, 1.54) is 0 Å². The van der Waals surface area contributed by atoms with Gasteiger partial charge in [0.15, 0.2) is 0 Å². The van der Waals surface area contributed by atoms with Gasteiger partial charge in [-0.25, -0.2) is 0 Å². The van der Waals surface area contributed by atoms with Crippen LogP contribution in [0.15, 0.2) is 12.3 Å². The highest BCUT2D eigenvalue weighted by atomic mass is 16.2. The Labute approximate surface area is 130 Å². The van der Waals surface area contributed by atoms with Crippen LogP contribution in [0.2, 0.25) is 0 Å². The molecule has 118 valence electrons. The van der Waals surface area contributed by atoms with Crippen molar-refractivity contribution >= 4 is 5.91 Å². The average molecular weight is 301 g/mol. The second-order valence-corrected chi connectivity index (χ2v) is 6.06. The van der Waals surface area contributed by atoms with Crippen LogP contribution in [0.25, 0.3) is 0 Å². The van der Waals surface area contributed by atoms with Crippen LogP contribution in [0, 0.1) is 13.8 Å². The molecule has 3 heterocycles. The zero-order chi connectivity index (χ0) is 15.9. The van der Waals surface area contributed by atoms with Gasteiger partial charge in [-0.15, -0.1) is 0 Å². The van der Waals surface area contributed by atoms with Gasteiger partial charge in [-0.05, 0) is 39.2 Å². The van der Waals surface area contributed by atoms with Gasteiger partial charge in [-0.3, -0.25) is 14.2 Å². The van der Waals surface area contributed by atoms with E-state index in [1.54, 1.807) is 10.9 Å². The molecule has 0 bridgehead atoms. The van der Waals surface area contributed by atoms with Gasteiger partial charge in [0.25, 0.3) is 5.91 Å². The van der Waals surface area contributed by atoms with E-state index in [9.17, 15) is 4.79 Å². The number of likely N-dealkylation sites (tertiary alicyclic amines) is 1. The zero-order valence-corrected chi connectivity index (χ0v) is 13.7. The van der Waals surface area contributed by atoms with E-state index in [1.807, 2.05) is 43.6 Å². The maximum Gasteiger partial charge on any atom is 0.258 e. The number of carbonyl (C=O) groups excluding carboxylic acids is 1. The van der Waals surface area contributed by atoms with Crippen LogP contribution < -0.4 is 0 Å². The molecule has 2 aromatic rings. The molecule has 1 saturated heterocycles. The van der Waals surface area contributed by atoms with Crippen molar-refractivity contribution in [3.05, 3.63) is 34.9 Å². The van der Waals surface area contributed by atoms with Crippen LogP contribution in [0.1, 0.15) is 52.7 Å². The molecular formula is C16H23N5O. The molecule has 6 nitrogen and oxygen atoms in total. The fraction of sp³-hybridized carbons (Fsp3) is 0.562. The zero-order valence-electron chi connectivity index (χ0n) is 13.7. The lowest BCUT2D eigenvalue weighted by atomic mass is 9.97. The molecule has 1 atom stereocenters. The van der Waals surface area contributed by atoms with Crippen molar-refractivity contribution in [3.63, 3.8) is 0 Å². The Kier molecular flexibility index (Phi) is 3.76. The first kappa shape index (κ1) is 14.8. The van der Waals surface area contributed by atoms with Crippen LogP contribution in [0.3, 0.4) is 0 Å². The molecule has 1 fully saturated rings. The second-order valence-electron chi connectivity index (χ2n) is 6.06. The van der Waals surface area contributed by atoms with Gasteiger partial charge in [0, 0.05) is 32.5 Å². The van der Waals surface area contributed by atoms with E-state index in [4.69, 9.17) is 0 Å². The summed E-state index contributed by atoms with van der Waals surface area (Å²) >= 11 is 0. The van der Waals surface area contributed by atoms with E-state index in [0.717, 1.165) is 48.5 Å². The number of carbonyl (C=O) groups is 1. The standard InChI is InChI=1S/C16H23N5O/c1-11-15(12(2)19(3)18-11)16(22)21-10-6-5-7-14(21)13-8-9-17-20(13)4/h8-9,14H,5-7,10H2,1-4H3. The van der Waals surface area contributed by atoms with Crippen LogP contribution in [-0.2, 0) is 14.1 Å². The lowest BCUT2D eigenvalue weighted by Gasteiger charge is -2.36. The quantitative estimate of drug-likeness (QED) is 0.854. The second kappa shape index (κ2) is 5.59. The fourth-order valence-electron chi connectivity index (χ4n) is 3.42. The largest absolute Gasteiger partial charge is 0.330 e. The third-order valence-corrected chi connectivity index (χ3v) is 4.69. The molecule has 0 saturated carbocycles. The molecule has 1 unspecified atom stereocenters. The van der Waals surface area contributed by atoms with Crippen LogP contribution in [-0.4, -0.2) is 36.9 Å². The summed E-state index contributed by atoms with van der Waals surface area (Å²) in [6.45, 7) is 4.65. The third-order valence-electron chi connectivity index (χ3n) is 4.69. The summed E-state index contributed by atoms with van der Waals surface area (Å²) in [5, 5.41) is 8.64. The minimum Gasteiger partial charge on any atom is -0.330 e. The predicted octanol–water partition coefficient (Wildman–Crippen LogP) is 2.14. The fourth-order valence-corrected chi connectivity index (χ4v) is 3.42. The molecule has 0 spiro atoms. The third kappa shape index (κ3) is 2.32. The first-order chi connectivity index (χ1) is 10.5. The molecule has 0 aromatic carbocycles. The van der Waals surface area contributed by atoms with Crippen molar-refractivity contribution in [3.8, 4) is 0 Å². The molecule has 1 aliphatic rings. The van der Waals surface area contributed by atoms with Gasteiger partial charge < -0.3 is 4.90 Å². The molecule has 3 rings (SSSR count). The molecule has 0 N–H and O–H groups in total. The number of amides is 1. The van der Waals surface area contributed by atoms with Gasteiger partial charge in [0.05, 0.1) is 23.0 Å². The first-order valence-corrected chi connectivity index (χ1v) is 7.79. The van der Waals surface area contributed by atoms with Crippen molar-refractivity contribution < 1.29 is 4.79 Å². The number of nitrogens with zero attached hydrogens (tertiary/aromatic N) is 5. The smallest absolute Gasteiger partial charge is 0.258 e. The van der Waals surface area contributed by atoms with Gasteiger partial charge in [-0.1, -0.05) is 0 Å². The van der Waals surface area contributed by atoms with Crippen molar-refractivity contribution in [1.29, 1.82) is 0 Å². The van der Waals surface area contributed by atoms with Gasteiger partial charge in [-0.2, -0.15) is 10.2 Å². The highest BCUT2D eigenvalue weighted by Gasteiger charge is 2.32. The topological polar surface area (TPSA) is 56.0 Å². The number of aryl methyl sites for hydroxylation is 3. The lowest BCUT2D eigenvalue weighted by Crippen LogP contribution is -2.39. The average Bonchev–Trinajstić information content (AvgIpc) is 3.02. The van der Waals surface area contributed by atoms with E-state index >= 15 is 0 Å². The highest BCUT2D eigenvalue weighted by molar-refractivity contribution is 5.96. The normalized spacial score (nSPS) is 18.7. The van der Waals surface area contributed by atoms with E-state index in [0.29, 0.717) is 0 Å². The Morgan fingerprint density at radius 2 is 2.00 bits per heavy atom. The number of hydrogen-bond acceptors (Lipinski definition) is 3. The summed E-state index contributed by atoms with van der Waals surface area (Å²) in [5.41, 5.74) is 3.58. The van der Waals surface area contributed by atoms with Crippen molar-refractivity contribution in [2.24, 2.45) is 14.1 Å². The highest BCUT2D eigenvalue weighted by Crippen LogP contribution is 2.32. The van der Waals surface area contributed by atoms with Gasteiger partial charge in [0.2, 0.25) is 0 Å². The first-order valence-electron chi connectivity index (χ1n) is 7.79. The molecule has 0 aliphatic carbocycles.